The summed E-state index contributed by atoms with van der Waals surface area (Å²) in [6.45, 7) is 1.83. The van der Waals surface area contributed by atoms with Gasteiger partial charge in [0, 0.05) is 5.39 Å². The molecule has 0 atom stereocenters. The number of imidazole rings is 1. The Morgan fingerprint density at radius 2 is 2.17 bits per heavy atom. The molecule has 0 aliphatic heterocycles. The Morgan fingerprint density at radius 3 is 2.89 bits per heavy atom. The minimum absolute atomic E-state index is 0.0645. The van der Waals surface area contributed by atoms with Crippen LogP contribution in [0, 0.1) is 6.92 Å². The van der Waals surface area contributed by atoms with Gasteiger partial charge >= 0.3 is 5.97 Å². The number of furan rings is 1. The maximum absolute atomic E-state index is 10.8. The van der Waals surface area contributed by atoms with Gasteiger partial charge in [0.2, 0.25) is 0 Å². The number of H-pyrrole nitrogens is 1. The van der Waals surface area contributed by atoms with Crippen molar-refractivity contribution in [1.82, 2.24) is 9.97 Å². The van der Waals surface area contributed by atoms with Crippen LogP contribution < -0.4 is 0 Å². The van der Waals surface area contributed by atoms with Gasteiger partial charge in [0.05, 0.1) is 11.8 Å². The maximum Gasteiger partial charge on any atom is 0.353 e. The van der Waals surface area contributed by atoms with Gasteiger partial charge in [-0.3, -0.25) is 0 Å². The third kappa shape index (κ3) is 1.48. The Labute approximate surface area is 102 Å². The largest absolute Gasteiger partial charge is 0.477 e. The zero-order chi connectivity index (χ0) is 12.7. The Balaban J connectivity index is 2.24. The number of aromatic nitrogens is 2. The molecule has 0 saturated carbocycles. The van der Waals surface area contributed by atoms with Gasteiger partial charge in [-0.15, -0.1) is 0 Å². The highest BCUT2D eigenvalue weighted by atomic mass is 16.4. The van der Waals surface area contributed by atoms with Crippen molar-refractivity contribution in [2.24, 2.45) is 0 Å². The number of hydrogen-bond acceptors (Lipinski definition) is 3. The van der Waals surface area contributed by atoms with Crippen LogP contribution in [-0.2, 0) is 0 Å². The molecule has 0 amide bonds. The summed E-state index contributed by atoms with van der Waals surface area (Å²) in [5.74, 6) is 0.191. The van der Waals surface area contributed by atoms with E-state index in [1.54, 1.807) is 0 Å². The predicted molar refractivity (Wildman–Crippen MR) is 65.5 cm³/mol. The molecule has 90 valence electrons. The predicted octanol–water partition coefficient (Wildman–Crippen LogP) is 2.83. The van der Waals surface area contributed by atoms with E-state index in [9.17, 15) is 4.79 Å². The minimum Gasteiger partial charge on any atom is -0.477 e. The zero-order valence-electron chi connectivity index (χ0n) is 9.60. The number of aryl methyl sites for hydroxylation is 1. The van der Waals surface area contributed by atoms with Crippen LogP contribution in [0.1, 0.15) is 16.2 Å². The van der Waals surface area contributed by atoms with Gasteiger partial charge < -0.3 is 14.5 Å². The van der Waals surface area contributed by atoms with Crippen LogP contribution in [0.5, 0.6) is 0 Å². The molecule has 0 unspecified atom stereocenters. The molecule has 0 aliphatic rings. The second kappa shape index (κ2) is 3.73. The summed E-state index contributed by atoms with van der Waals surface area (Å²) in [4.78, 5) is 17.7. The molecule has 0 aliphatic carbocycles. The molecular weight excluding hydrogens is 232 g/mol. The molecule has 1 aromatic carbocycles. The molecule has 3 aromatic rings. The zero-order valence-corrected chi connectivity index (χ0v) is 9.60. The summed E-state index contributed by atoms with van der Waals surface area (Å²) >= 11 is 0. The van der Waals surface area contributed by atoms with E-state index in [-0.39, 0.29) is 5.69 Å². The van der Waals surface area contributed by atoms with E-state index in [0.717, 1.165) is 16.5 Å². The Kier molecular flexibility index (Phi) is 2.19. The second-order valence-corrected chi connectivity index (χ2v) is 3.98. The van der Waals surface area contributed by atoms with Crippen LogP contribution in [0.15, 0.2) is 34.9 Å². The number of aromatic carboxylic acids is 1. The number of nitrogens with zero attached hydrogens (tertiary/aromatic N) is 1. The monoisotopic (exact) mass is 242 g/mol. The highest BCUT2D eigenvalue weighted by molar-refractivity contribution is 5.94. The van der Waals surface area contributed by atoms with Crippen molar-refractivity contribution in [2.45, 2.75) is 6.92 Å². The van der Waals surface area contributed by atoms with E-state index < -0.39 is 5.97 Å². The van der Waals surface area contributed by atoms with Crippen molar-refractivity contribution in [3.05, 3.63) is 41.9 Å². The first kappa shape index (κ1) is 10.6. The van der Waals surface area contributed by atoms with Gasteiger partial charge in [0.25, 0.3) is 0 Å². The molecule has 0 spiro atoms. The van der Waals surface area contributed by atoms with Gasteiger partial charge in [-0.05, 0) is 13.0 Å². The van der Waals surface area contributed by atoms with E-state index in [4.69, 9.17) is 9.52 Å². The molecule has 2 aromatic heterocycles. The van der Waals surface area contributed by atoms with E-state index in [1.165, 1.54) is 6.20 Å². The van der Waals surface area contributed by atoms with Crippen LogP contribution in [0.2, 0.25) is 0 Å². The maximum atomic E-state index is 10.8. The number of carboxylic acid groups (broad SMARTS) is 1. The quantitative estimate of drug-likeness (QED) is 0.724. The van der Waals surface area contributed by atoms with Crippen LogP contribution in [0.25, 0.3) is 22.4 Å². The third-order valence-corrected chi connectivity index (χ3v) is 2.81. The summed E-state index contributed by atoms with van der Waals surface area (Å²) in [7, 11) is 0. The highest BCUT2D eigenvalue weighted by Gasteiger charge is 2.16. The third-order valence-electron chi connectivity index (χ3n) is 2.81. The average Bonchev–Trinajstić information content (AvgIpc) is 2.91. The summed E-state index contributed by atoms with van der Waals surface area (Å²) < 4.78 is 5.62. The van der Waals surface area contributed by atoms with Crippen LogP contribution in [-0.4, -0.2) is 21.0 Å². The molecule has 0 fully saturated rings. The molecule has 0 radical (unpaired) electrons. The standard InChI is InChI=1S/C13H10N2O3/c1-7-11(8-4-2-3-5-10(8)18-7)12-14-6-9(15-12)13(16)17/h2-6H,1H3,(H,14,15)(H,16,17). The summed E-state index contributed by atoms with van der Waals surface area (Å²) in [6, 6.07) is 7.58. The first-order valence-corrected chi connectivity index (χ1v) is 5.43. The second-order valence-electron chi connectivity index (χ2n) is 3.98. The van der Waals surface area contributed by atoms with Crippen molar-refractivity contribution in [3.63, 3.8) is 0 Å². The van der Waals surface area contributed by atoms with Gasteiger partial charge in [-0.25, -0.2) is 9.78 Å². The molecule has 0 saturated heterocycles. The number of nitrogens with one attached hydrogen (secondary N) is 1. The summed E-state index contributed by atoms with van der Waals surface area (Å²) in [5.41, 5.74) is 1.63. The SMILES string of the molecule is Cc1oc2ccccc2c1-c1ncc(C(=O)O)[nH]1. The van der Waals surface area contributed by atoms with Gasteiger partial charge in [0.1, 0.15) is 22.9 Å². The highest BCUT2D eigenvalue weighted by Crippen LogP contribution is 2.32. The minimum atomic E-state index is -1.03. The smallest absolute Gasteiger partial charge is 0.353 e. The van der Waals surface area contributed by atoms with E-state index in [0.29, 0.717) is 11.6 Å². The molecule has 5 heteroatoms. The lowest BCUT2D eigenvalue weighted by molar-refractivity contribution is 0.0691. The fraction of sp³-hybridized carbons (Fsp3) is 0.0769. The lowest BCUT2D eigenvalue weighted by Crippen LogP contribution is -1.95. The molecule has 2 heterocycles. The Bertz CT molecular complexity index is 740. The fourth-order valence-electron chi connectivity index (χ4n) is 2.02. The van der Waals surface area contributed by atoms with Crippen molar-refractivity contribution in [2.75, 3.05) is 0 Å². The van der Waals surface area contributed by atoms with Gasteiger partial charge in [-0.2, -0.15) is 0 Å². The number of hydrogen-bond donors (Lipinski definition) is 2. The average molecular weight is 242 g/mol. The number of aromatic amines is 1. The number of benzene rings is 1. The summed E-state index contributed by atoms with van der Waals surface area (Å²) in [5, 5.41) is 9.80. The first-order valence-electron chi connectivity index (χ1n) is 5.43. The lowest BCUT2D eigenvalue weighted by Gasteiger charge is -1.94. The number of carboxylic acids is 1. The molecule has 3 rings (SSSR count). The number of fused-ring (bicyclic) bond motifs is 1. The van der Waals surface area contributed by atoms with Crippen LogP contribution in [0.4, 0.5) is 0 Å². The normalized spacial score (nSPS) is 10.9. The molecule has 5 nitrogen and oxygen atoms in total. The van der Waals surface area contributed by atoms with E-state index in [2.05, 4.69) is 9.97 Å². The number of carbonyl (C=O) groups is 1. The van der Waals surface area contributed by atoms with Crippen molar-refractivity contribution >= 4 is 16.9 Å². The fourth-order valence-corrected chi connectivity index (χ4v) is 2.02. The summed E-state index contributed by atoms with van der Waals surface area (Å²) in [6.07, 6.45) is 1.30. The van der Waals surface area contributed by atoms with Crippen molar-refractivity contribution < 1.29 is 14.3 Å². The molecular formula is C13H10N2O3. The number of para-hydroxylation sites is 1. The Hall–Kier alpha value is -2.56. The van der Waals surface area contributed by atoms with Crippen LogP contribution >= 0.6 is 0 Å². The Morgan fingerprint density at radius 1 is 1.39 bits per heavy atom. The first-order chi connectivity index (χ1) is 8.66. The molecule has 0 bridgehead atoms. The van der Waals surface area contributed by atoms with E-state index >= 15 is 0 Å². The van der Waals surface area contributed by atoms with Crippen molar-refractivity contribution in [3.8, 4) is 11.4 Å². The van der Waals surface area contributed by atoms with Crippen molar-refractivity contribution in [1.29, 1.82) is 0 Å². The van der Waals surface area contributed by atoms with Gasteiger partial charge in [-0.1, -0.05) is 18.2 Å². The van der Waals surface area contributed by atoms with E-state index in [1.807, 2.05) is 31.2 Å². The number of rotatable bonds is 2. The lowest BCUT2D eigenvalue weighted by atomic mass is 10.1. The van der Waals surface area contributed by atoms with Gasteiger partial charge in [0.15, 0.2) is 0 Å². The molecule has 18 heavy (non-hydrogen) atoms. The van der Waals surface area contributed by atoms with Crippen LogP contribution in [0.3, 0.4) is 0 Å². The topological polar surface area (TPSA) is 79.1 Å². The molecule has 2 N–H and O–H groups in total.